The summed E-state index contributed by atoms with van der Waals surface area (Å²) in [4.78, 5) is 17.2. The molecule has 1 aromatic heterocycles. The van der Waals surface area contributed by atoms with E-state index < -0.39 is 0 Å². The molecule has 1 saturated heterocycles. The van der Waals surface area contributed by atoms with E-state index in [1.165, 1.54) is 17.3 Å². The molecule has 2 aromatic rings. The van der Waals surface area contributed by atoms with Gasteiger partial charge in [0.25, 0.3) is 5.91 Å². The number of amides is 1. The monoisotopic (exact) mass is 311 g/mol. The van der Waals surface area contributed by atoms with E-state index in [0.717, 1.165) is 17.8 Å². The lowest BCUT2D eigenvalue weighted by molar-refractivity contribution is -0.115. The molecule has 0 atom stereocenters. The molecule has 0 spiro atoms. The minimum atomic E-state index is -0.102. The Hall–Kier alpha value is -2.27. The van der Waals surface area contributed by atoms with Crippen LogP contribution >= 0.6 is 11.8 Å². The third-order valence-corrected chi connectivity index (χ3v) is 4.40. The van der Waals surface area contributed by atoms with Crippen LogP contribution in [0.15, 0.2) is 52.5 Å². The standard InChI is InChI=1S/C17H17N3OS/c1-3-12-6-8-13(9-7-12)18-17-19-16(21)15(22-17)11-14-5-4-10-20(14)2/h4-11H,3H2,1-2H3,(H,18,19,21)/b15-11+. The van der Waals surface area contributed by atoms with Gasteiger partial charge in [-0.15, -0.1) is 0 Å². The molecule has 2 heterocycles. The molecule has 3 rings (SSSR count). The molecule has 1 amide bonds. The number of nitrogens with zero attached hydrogens (tertiary/aromatic N) is 2. The number of carbonyl (C=O) groups is 1. The average Bonchev–Trinajstić information content (AvgIpc) is 3.07. The fourth-order valence-corrected chi connectivity index (χ4v) is 2.99. The highest BCUT2D eigenvalue weighted by molar-refractivity contribution is 8.18. The summed E-state index contributed by atoms with van der Waals surface area (Å²) in [5.74, 6) is -0.102. The quantitative estimate of drug-likeness (QED) is 0.882. The van der Waals surface area contributed by atoms with Crippen molar-refractivity contribution >= 4 is 34.6 Å². The maximum absolute atomic E-state index is 12.0. The highest BCUT2D eigenvalue weighted by atomic mass is 32.2. The van der Waals surface area contributed by atoms with Gasteiger partial charge in [0.05, 0.1) is 10.6 Å². The second kappa shape index (κ2) is 6.23. The zero-order chi connectivity index (χ0) is 15.5. The smallest absolute Gasteiger partial charge is 0.264 e. The second-order valence-corrected chi connectivity index (χ2v) is 6.08. The van der Waals surface area contributed by atoms with Crippen molar-refractivity contribution in [2.24, 2.45) is 12.0 Å². The van der Waals surface area contributed by atoms with Crippen molar-refractivity contribution in [2.75, 3.05) is 0 Å². The summed E-state index contributed by atoms with van der Waals surface area (Å²) in [6.45, 7) is 2.12. The topological polar surface area (TPSA) is 46.4 Å². The van der Waals surface area contributed by atoms with E-state index in [1.807, 2.05) is 48.2 Å². The summed E-state index contributed by atoms with van der Waals surface area (Å²) in [6, 6.07) is 12.0. The van der Waals surface area contributed by atoms with Crippen LogP contribution in [-0.2, 0) is 18.3 Å². The van der Waals surface area contributed by atoms with Crippen molar-refractivity contribution in [3.63, 3.8) is 0 Å². The highest BCUT2D eigenvalue weighted by Crippen LogP contribution is 2.28. The maximum atomic E-state index is 12.0. The summed E-state index contributed by atoms with van der Waals surface area (Å²) in [5.41, 5.74) is 3.11. The first-order valence-corrected chi connectivity index (χ1v) is 7.97. The van der Waals surface area contributed by atoms with E-state index in [9.17, 15) is 4.79 Å². The van der Waals surface area contributed by atoms with Gasteiger partial charge in [-0.3, -0.25) is 4.79 Å². The number of aliphatic imine (C=N–C) groups is 1. The van der Waals surface area contributed by atoms with Gasteiger partial charge in [0, 0.05) is 18.9 Å². The predicted molar refractivity (Wildman–Crippen MR) is 92.0 cm³/mol. The molecular formula is C17H17N3OS. The van der Waals surface area contributed by atoms with Gasteiger partial charge in [-0.25, -0.2) is 4.99 Å². The molecule has 5 heteroatoms. The van der Waals surface area contributed by atoms with Crippen molar-refractivity contribution < 1.29 is 4.79 Å². The number of hydrogen-bond acceptors (Lipinski definition) is 3. The lowest BCUT2D eigenvalue weighted by Crippen LogP contribution is -2.19. The fourth-order valence-electron chi connectivity index (χ4n) is 2.16. The molecule has 4 nitrogen and oxygen atoms in total. The maximum Gasteiger partial charge on any atom is 0.264 e. The van der Waals surface area contributed by atoms with Crippen LogP contribution in [0, 0.1) is 0 Å². The van der Waals surface area contributed by atoms with E-state index in [2.05, 4.69) is 29.4 Å². The third-order valence-electron chi connectivity index (χ3n) is 3.49. The number of carbonyl (C=O) groups excluding carboxylic acids is 1. The molecule has 0 saturated carbocycles. The molecule has 0 aliphatic carbocycles. The van der Waals surface area contributed by atoms with Gasteiger partial charge in [0.1, 0.15) is 0 Å². The first-order valence-electron chi connectivity index (χ1n) is 7.15. The van der Waals surface area contributed by atoms with E-state index in [4.69, 9.17) is 0 Å². The number of aryl methyl sites for hydroxylation is 2. The Balaban J connectivity index is 1.80. The van der Waals surface area contributed by atoms with Crippen molar-refractivity contribution in [1.82, 2.24) is 9.88 Å². The molecular weight excluding hydrogens is 294 g/mol. The van der Waals surface area contributed by atoms with Crippen LogP contribution < -0.4 is 5.32 Å². The molecule has 0 bridgehead atoms. The fraction of sp³-hybridized carbons (Fsp3) is 0.176. The van der Waals surface area contributed by atoms with Crippen molar-refractivity contribution in [1.29, 1.82) is 0 Å². The number of aromatic nitrogens is 1. The van der Waals surface area contributed by atoms with Crippen LogP contribution in [0.4, 0.5) is 5.69 Å². The zero-order valence-electron chi connectivity index (χ0n) is 12.5. The molecule has 1 aliphatic heterocycles. The van der Waals surface area contributed by atoms with Gasteiger partial charge in [-0.2, -0.15) is 0 Å². The van der Waals surface area contributed by atoms with Gasteiger partial charge in [0.15, 0.2) is 5.17 Å². The van der Waals surface area contributed by atoms with Gasteiger partial charge in [0.2, 0.25) is 0 Å². The largest absolute Gasteiger partial charge is 0.351 e. The summed E-state index contributed by atoms with van der Waals surface area (Å²) in [7, 11) is 1.95. The van der Waals surface area contributed by atoms with Crippen LogP contribution in [-0.4, -0.2) is 15.6 Å². The lowest BCUT2D eigenvalue weighted by atomic mass is 10.2. The molecule has 1 N–H and O–H groups in total. The minimum absolute atomic E-state index is 0.102. The highest BCUT2D eigenvalue weighted by Gasteiger charge is 2.24. The minimum Gasteiger partial charge on any atom is -0.351 e. The first kappa shape index (κ1) is 14.7. The summed E-state index contributed by atoms with van der Waals surface area (Å²) in [5, 5.41) is 3.43. The Labute approximate surface area is 133 Å². The van der Waals surface area contributed by atoms with Crippen molar-refractivity contribution in [3.8, 4) is 0 Å². The summed E-state index contributed by atoms with van der Waals surface area (Å²) < 4.78 is 1.97. The zero-order valence-corrected chi connectivity index (χ0v) is 13.4. The van der Waals surface area contributed by atoms with Crippen molar-refractivity contribution in [2.45, 2.75) is 13.3 Å². The molecule has 112 valence electrons. The van der Waals surface area contributed by atoms with Crippen molar-refractivity contribution in [3.05, 3.63) is 58.8 Å². The SMILES string of the molecule is CCc1ccc(N=C2NC(=O)/C(=C\c3cccn3C)S2)cc1. The Morgan fingerprint density at radius 3 is 2.68 bits per heavy atom. The van der Waals surface area contributed by atoms with Gasteiger partial charge >= 0.3 is 0 Å². The molecule has 22 heavy (non-hydrogen) atoms. The van der Waals surface area contributed by atoms with Gasteiger partial charge in [-0.05, 0) is 54.1 Å². The van der Waals surface area contributed by atoms with Crippen LogP contribution in [0.25, 0.3) is 6.08 Å². The molecule has 1 fully saturated rings. The first-order chi connectivity index (χ1) is 10.7. The third kappa shape index (κ3) is 3.14. The van der Waals surface area contributed by atoms with Crippen LogP contribution in [0.5, 0.6) is 0 Å². The molecule has 0 radical (unpaired) electrons. The van der Waals surface area contributed by atoms with E-state index >= 15 is 0 Å². The number of nitrogens with one attached hydrogen (secondary N) is 1. The van der Waals surface area contributed by atoms with E-state index in [-0.39, 0.29) is 5.91 Å². The van der Waals surface area contributed by atoms with E-state index in [0.29, 0.717) is 10.1 Å². The number of rotatable bonds is 3. The Morgan fingerprint density at radius 2 is 2.05 bits per heavy atom. The second-order valence-electron chi connectivity index (χ2n) is 5.05. The van der Waals surface area contributed by atoms with Gasteiger partial charge < -0.3 is 9.88 Å². The Bertz CT molecular complexity index is 756. The number of amidine groups is 1. The van der Waals surface area contributed by atoms with Crippen LogP contribution in [0.2, 0.25) is 0 Å². The van der Waals surface area contributed by atoms with Gasteiger partial charge in [-0.1, -0.05) is 19.1 Å². The lowest BCUT2D eigenvalue weighted by Gasteiger charge is -1.98. The number of benzene rings is 1. The van der Waals surface area contributed by atoms with Crippen LogP contribution in [0.3, 0.4) is 0 Å². The normalized spacial score (nSPS) is 18.2. The Morgan fingerprint density at radius 1 is 1.27 bits per heavy atom. The summed E-state index contributed by atoms with van der Waals surface area (Å²) >= 11 is 1.37. The Kier molecular flexibility index (Phi) is 4.15. The molecule has 1 aliphatic rings. The molecule has 1 aromatic carbocycles. The average molecular weight is 311 g/mol. The number of thioether (sulfide) groups is 1. The van der Waals surface area contributed by atoms with E-state index in [1.54, 1.807) is 0 Å². The number of hydrogen-bond donors (Lipinski definition) is 1. The molecule has 0 unspecified atom stereocenters. The summed E-state index contributed by atoms with van der Waals surface area (Å²) in [6.07, 6.45) is 4.84. The predicted octanol–water partition coefficient (Wildman–Crippen LogP) is 3.48. The van der Waals surface area contributed by atoms with Crippen LogP contribution in [0.1, 0.15) is 18.2 Å².